The smallest absolute Gasteiger partial charge is 0.224 e. The molecule has 0 aliphatic carbocycles. The second kappa shape index (κ2) is 8.82. The van der Waals surface area contributed by atoms with E-state index in [2.05, 4.69) is 41.4 Å². The van der Waals surface area contributed by atoms with Crippen LogP contribution in [0.2, 0.25) is 0 Å². The Bertz CT molecular complexity index is 677. The van der Waals surface area contributed by atoms with E-state index in [-0.39, 0.29) is 11.8 Å². The fraction of sp³-hybridized carbons (Fsp3) is 0.409. The van der Waals surface area contributed by atoms with Crippen LogP contribution in [0.25, 0.3) is 0 Å². The SMILES string of the molecule is C[C@@H](CC(=O)Nc1cccc(CCN2CCCC2)c1)c1ccccc1. The molecule has 0 bridgehead atoms. The molecule has 2 aromatic carbocycles. The van der Waals surface area contributed by atoms with Crippen LogP contribution in [-0.4, -0.2) is 30.4 Å². The molecule has 1 atom stereocenters. The lowest BCUT2D eigenvalue weighted by Crippen LogP contribution is -2.22. The minimum atomic E-state index is 0.0769. The number of carbonyl (C=O) groups excluding carboxylic acids is 1. The Morgan fingerprint density at radius 1 is 1.08 bits per heavy atom. The summed E-state index contributed by atoms with van der Waals surface area (Å²) in [5.74, 6) is 0.299. The molecule has 0 saturated carbocycles. The van der Waals surface area contributed by atoms with Crippen molar-refractivity contribution in [1.82, 2.24) is 4.90 Å². The van der Waals surface area contributed by atoms with E-state index in [4.69, 9.17) is 0 Å². The first kappa shape index (κ1) is 17.7. The fourth-order valence-electron chi connectivity index (χ4n) is 3.49. The lowest BCUT2D eigenvalue weighted by atomic mass is 9.97. The van der Waals surface area contributed by atoms with E-state index in [1.54, 1.807) is 0 Å². The van der Waals surface area contributed by atoms with Gasteiger partial charge in [-0.2, -0.15) is 0 Å². The van der Waals surface area contributed by atoms with E-state index in [0.29, 0.717) is 6.42 Å². The van der Waals surface area contributed by atoms with Gasteiger partial charge < -0.3 is 10.2 Å². The number of rotatable bonds is 7. The largest absolute Gasteiger partial charge is 0.326 e. The highest BCUT2D eigenvalue weighted by molar-refractivity contribution is 5.91. The molecular weight excluding hydrogens is 308 g/mol. The zero-order valence-corrected chi connectivity index (χ0v) is 15.1. The van der Waals surface area contributed by atoms with Crippen molar-refractivity contribution in [3.05, 3.63) is 65.7 Å². The second-order valence-corrected chi connectivity index (χ2v) is 7.06. The molecule has 3 rings (SSSR count). The number of amides is 1. The average molecular weight is 336 g/mol. The number of benzene rings is 2. The highest BCUT2D eigenvalue weighted by atomic mass is 16.1. The molecule has 0 spiro atoms. The van der Waals surface area contributed by atoms with Gasteiger partial charge in [-0.3, -0.25) is 4.79 Å². The highest BCUT2D eigenvalue weighted by Gasteiger charge is 2.13. The number of nitrogens with zero attached hydrogens (tertiary/aromatic N) is 1. The quantitative estimate of drug-likeness (QED) is 0.810. The van der Waals surface area contributed by atoms with Crippen LogP contribution in [0.4, 0.5) is 5.69 Å². The molecule has 1 saturated heterocycles. The van der Waals surface area contributed by atoms with E-state index in [0.717, 1.165) is 18.7 Å². The predicted octanol–water partition coefficient (Wildman–Crippen LogP) is 4.46. The number of likely N-dealkylation sites (tertiary alicyclic amines) is 1. The summed E-state index contributed by atoms with van der Waals surface area (Å²) in [7, 11) is 0. The first-order valence-electron chi connectivity index (χ1n) is 9.37. The van der Waals surface area contributed by atoms with Gasteiger partial charge in [-0.15, -0.1) is 0 Å². The van der Waals surface area contributed by atoms with Gasteiger partial charge in [-0.05, 0) is 61.5 Å². The minimum Gasteiger partial charge on any atom is -0.326 e. The summed E-state index contributed by atoms with van der Waals surface area (Å²) in [5.41, 5.74) is 3.40. The number of anilines is 1. The van der Waals surface area contributed by atoms with Crippen LogP contribution in [0.15, 0.2) is 54.6 Å². The molecule has 25 heavy (non-hydrogen) atoms. The van der Waals surface area contributed by atoms with Crippen molar-refractivity contribution in [3.63, 3.8) is 0 Å². The third kappa shape index (κ3) is 5.43. The van der Waals surface area contributed by atoms with E-state index in [1.807, 2.05) is 30.3 Å². The zero-order chi connectivity index (χ0) is 17.5. The summed E-state index contributed by atoms with van der Waals surface area (Å²) in [6.07, 6.45) is 4.21. The van der Waals surface area contributed by atoms with Crippen LogP contribution >= 0.6 is 0 Å². The highest BCUT2D eigenvalue weighted by Crippen LogP contribution is 2.20. The summed E-state index contributed by atoms with van der Waals surface area (Å²) in [5, 5.41) is 3.06. The normalized spacial score (nSPS) is 15.9. The van der Waals surface area contributed by atoms with Gasteiger partial charge >= 0.3 is 0 Å². The van der Waals surface area contributed by atoms with Gasteiger partial charge in [-0.1, -0.05) is 49.4 Å². The Morgan fingerprint density at radius 2 is 1.84 bits per heavy atom. The Morgan fingerprint density at radius 3 is 2.60 bits per heavy atom. The van der Waals surface area contributed by atoms with E-state index in [9.17, 15) is 4.79 Å². The maximum absolute atomic E-state index is 12.4. The predicted molar refractivity (Wildman–Crippen MR) is 104 cm³/mol. The van der Waals surface area contributed by atoms with E-state index < -0.39 is 0 Å². The van der Waals surface area contributed by atoms with Gasteiger partial charge in [0.05, 0.1) is 0 Å². The third-order valence-corrected chi connectivity index (χ3v) is 4.99. The molecule has 2 aromatic rings. The maximum Gasteiger partial charge on any atom is 0.224 e. The lowest BCUT2D eigenvalue weighted by molar-refractivity contribution is -0.116. The van der Waals surface area contributed by atoms with Crippen molar-refractivity contribution in [2.75, 3.05) is 25.0 Å². The van der Waals surface area contributed by atoms with Crippen LogP contribution in [0.3, 0.4) is 0 Å². The average Bonchev–Trinajstić information content (AvgIpc) is 3.14. The Balaban J connectivity index is 1.51. The lowest BCUT2D eigenvalue weighted by Gasteiger charge is -2.15. The van der Waals surface area contributed by atoms with Gasteiger partial charge in [0.15, 0.2) is 0 Å². The van der Waals surface area contributed by atoms with Gasteiger partial charge in [0.25, 0.3) is 0 Å². The Labute approximate surface area is 151 Å². The molecule has 1 fully saturated rings. The third-order valence-electron chi connectivity index (χ3n) is 4.99. The van der Waals surface area contributed by atoms with E-state index >= 15 is 0 Å². The topological polar surface area (TPSA) is 32.3 Å². The van der Waals surface area contributed by atoms with Crippen molar-refractivity contribution in [1.29, 1.82) is 0 Å². The molecular formula is C22H28N2O. The molecule has 0 unspecified atom stereocenters. The van der Waals surface area contributed by atoms with Crippen molar-refractivity contribution in [2.24, 2.45) is 0 Å². The Hall–Kier alpha value is -2.13. The molecule has 3 nitrogen and oxygen atoms in total. The molecule has 0 aromatic heterocycles. The number of hydrogen-bond acceptors (Lipinski definition) is 2. The maximum atomic E-state index is 12.4. The fourth-order valence-corrected chi connectivity index (χ4v) is 3.49. The number of nitrogens with one attached hydrogen (secondary N) is 1. The van der Waals surface area contributed by atoms with Gasteiger partial charge in [0, 0.05) is 18.7 Å². The first-order chi connectivity index (χ1) is 12.2. The van der Waals surface area contributed by atoms with Crippen molar-refractivity contribution < 1.29 is 4.79 Å². The van der Waals surface area contributed by atoms with Crippen molar-refractivity contribution >= 4 is 11.6 Å². The first-order valence-corrected chi connectivity index (χ1v) is 9.37. The standard InChI is InChI=1S/C22H28N2O/c1-18(20-9-3-2-4-10-20)16-22(25)23-21-11-7-8-19(17-21)12-15-24-13-5-6-14-24/h2-4,7-11,17-18H,5-6,12-16H2,1H3,(H,23,25)/t18-/m0/s1. The summed E-state index contributed by atoms with van der Waals surface area (Å²) >= 11 is 0. The van der Waals surface area contributed by atoms with Crippen molar-refractivity contribution in [3.8, 4) is 0 Å². The molecule has 1 aliphatic heterocycles. The summed E-state index contributed by atoms with van der Waals surface area (Å²) in [4.78, 5) is 14.9. The van der Waals surface area contributed by atoms with Crippen LogP contribution in [-0.2, 0) is 11.2 Å². The van der Waals surface area contributed by atoms with Crippen LogP contribution < -0.4 is 5.32 Å². The van der Waals surface area contributed by atoms with Crippen LogP contribution in [0, 0.1) is 0 Å². The summed E-state index contributed by atoms with van der Waals surface area (Å²) in [6.45, 7) is 5.67. The van der Waals surface area contributed by atoms with Crippen LogP contribution in [0.1, 0.15) is 43.2 Å². The minimum absolute atomic E-state index is 0.0769. The zero-order valence-electron chi connectivity index (χ0n) is 15.1. The molecule has 1 heterocycles. The number of hydrogen-bond donors (Lipinski definition) is 1. The second-order valence-electron chi connectivity index (χ2n) is 7.06. The molecule has 1 N–H and O–H groups in total. The molecule has 132 valence electrons. The van der Waals surface area contributed by atoms with Gasteiger partial charge in [0.2, 0.25) is 5.91 Å². The molecule has 0 radical (unpaired) electrons. The summed E-state index contributed by atoms with van der Waals surface area (Å²) < 4.78 is 0. The monoisotopic (exact) mass is 336 g/mol. The number of carbonyl (C=O) groups is 1. The summed E-state index contributed by atoms with van der Waals surface area (Å²) in [6, 6.07) is 18.5. The molecule has 1 aliphatic rings. The molecule has 3 heteroatoms. The van der Waals surface area contributed by atoms with E-state index in [1.165, 1.54) is 37.1 Å². The van der Waals surface area contributed by atoms with Gasteiger partial charge in [0.1, 0.15) is 0 Å². The van der Waals surface area contributed by atoms with Crippen LogP contribution in [0.5, 0.6) is 0 Å². The van der Waals surface area contributed by atoms with Gasteiger partial charge in [-0.25, -0.2) is 0 Å². The van der Waals surface area contributed by atoms with Crippen molar-refractivity contribution in [2.45, 2.75) is 38.5 Å². The molecule has 1 amide bonds. The Kier molecular flexibility index (Phi) is 6.24.